The molecular weight excluding hydrogens is 352 g/mol. The Morgan fingerprint density at radius 3 is 2.92 bits per heavy atom. The number of nitrogens with zero attached hydrogens (tertiary/aromatic N) is 3. The molecule has 1 aromatic rings. The van der Waals surface area contributed by atoms with Gasteiger partial charge in [0.25, 0.3) is 0 Å². The number of aryl methyl sites for hydroxylation is 1. The van der Waals surface area contributed by atoms with E-state index in [1.807, 2.05) is 6.92 Å². The van der Waals surface area contributed by atoms with Gasteiger partial charge in [0.05, 0.1) is 0 Å². The van der Waals surface area contributed by atoms with Crippen LogP contribution in [0.15, 0.2) is 33.4 Å². The molecule has 3 N–H and O–H groups in total. The van der Waals surface area contributed by atoms with Crippen molar-refractivity contribution in [3.63, 3.8) is 0 Å². The summed E-state index contributed by atoms with van der Waals surface area (Å²) in [5.41, 5.74) is 6.03. The molecule has 1 unspecified atom stereocenters. The molecule has 2 aliphatic heterocycles. The second-order valence-corrected chi connectivity index (χ2v) is 7.42. The minimum absolute atomic E-state index is 0.0138. The predicted molar refractivity (Wildman–Crippen MR) is 90.6 cm³/mol. The number of thioether (sulfide) groups is 2. The van der Waals surface area contributed by atoms with Gasteiger partial charge in [0, 0.05) is 24.2 Å². The first-order chi connectivity index (χ1) is 11.4. The summed E-state index contributed by atoms with van der Waals surface area (Å²) in [4.78, 5) is 40.4. The van der Waals surface area contributed by atoms with Gasteiger partial charge in [-0.25, -0.2) is 9.59 Å². The fraction of sp³-hybridized carbons (Fsp3) is 0.429. The largest absolute Gasteiger partial charge is 0.477 e. The van der Waals surface area contributed by atoms with Crippen LogP contribution in [0.1, 0.15) is 6.92 Å². The van der Waals surface area contributed by atoms with Crippen LogP contribution >= 0.6 is 23.5 Å². The number of carboxylic acid groups (broad SMARTS) is 1. The zero-order chi connectivity index (χ0) is 17.4. The molecule has 24 heavy (non-hydrogen) atoms. The molecule has 2 aliphatic rings. The molecule has 0 spiro atoms. The van der Waals surface area contributed by atoms with Crippen molar-refractivity contribution in [3.8, 4) is 0 Å². The SMILES string of the molecule is CCn1ccc(SCC2=C(C(=O)O)N3C(=O)C(N)[C@H]3SC2)nc1=O. The maximum Gasteiger partial charge on any atom is 0.352 e. The number of aromatic nitrogens is 2. The molecule has 1 amide bonds. The van der Waals surface area contributed by atoms with Gasteiger partial charge in [-0.3, -0.25) is 14.3 Å². The van der Waals surface area contributed by atoms with Gasteiger partial charge in [-0.1, -0.05) is 0 Å². The van der Waals surface area contributed by atoms with Crippen LogP contribution in [-0.2, 0) is 16.1 Å². The highest BCUT2D eigenvalue weighted by Crippen LogP contribution is 2.40. The normalized spacial score (nSPS) is 23.1. The van der Waals surface area contributed by atoms with E-state index >= 15 is 0 Å². The summed E-state index contributed by atoms with van der Waals surface area (Å²) in [7, 11) is 0. The third-order valence-electron chi connectivity index (χ3n) is 3.87. The molecule has 3 rings (SSSR count). The van der Waals surface area contributed by atoms with Gasteiger partial charge in [-0.15, -0.1) is 23.5 Å². The Kier molecular flexibility index (Phi) is 4.70. The van der Waals surface area contributed by atoms with Crippen LogP contribution in [0.3, 0.4) is 0 Å². The molecule has 0 aliphatic carbocycles. The monoisotopic (exact) mass is 368 g/mol. The zero-order valence-corrected chi connectivity index (χ0v) is 14.5. The van der Waals surface area contributed by atoms with E-state index in [4.69, 9.17) is 5.73 Å². The van der Waals surface area contributed by atoms with E-state index in [-0.39, 0.29) is 22.7 Å². The second kappa shape index (κ2) is 6.61. The maximum atomic E-state index is 11.9. The molecule has 0 radical (unpaired) electrons. The number of amides is 1. The van der Waals surface area contributed by atoms with Crippen molar-refractivity contribution in [3.05, 3.63) is 34.0 Å². The molecule has 10 heteroatoms. The number of aliphatic carboxylic acids is 1. The van der Waals surface area contributed by atoms with Gasteiger partial charge < -0.3 is 10.8 Å². The van der Waals surface area contributed by atoms with E-state index in [9.17, 15) is 19.5 Å². The minimum atomic E-state index is -1.13. The quantitative estimate of drug-likeness (QED) is 0.421. The summed E-state index contributed by atoms with van der Waals surface area (Å²) in [5, 5.41) is 9.69. The van der Waals surface area contributed by atoms with Gasteiger partial charge in [0.1, 0.15) is 22.1 Å². The summed E-state index contributed by atoms with van der Waals surface area (Å²) < 4.78 is 1.48. The van der Waals surface area contributed by atoms with Crippen LogP contribution in [0.2, 0.25) is 0 Å². The number of carboxylic acids is 1. The van der Waals surface area contributed by atoms with Gasteiger partial charge in [-0.05, 0) is 18.6 Å². The highest BCUT2D eigenvalue weighted by atomic mass is 32.2. The number of β-lactam (4-membered cyclic amide) rings is 1. The molecule has 8 nitrogen and oxygen atoms in total. The zero-order valence-electron chi connectivity index (χ0n) is 12.8. The first kappa shape index (κ1) is 17.1. The lowest BCUT2D eigenvalue weighted by atomic mass is 10.0. The molecule has 1 fully saturated rings. The number of carbonyl (C=O) groups excluding carboxylic acids is 1. The third kappa shape index (κ3) is 2.85. The van der Waals surface area contributed by atoms with E-state index in [1.54, 1.807) is 12.3 Å². The van der Waals surface area contributed by atoms with Crippen LogP contribution in [0, 0.1) is 0 Å². The summed E-state index contributed by atoms with van der Waals surface area (Å²) in [5.74, 6) is -0.660. The Morgan fingerprint density at radius 2 is 2.29 bits per heavy atom. The van der Waals surface area contributed by atoms with Crippen LogP contribution < -0.4 is 11.4 Å². The minimum Gasteiger partial charge on any atom is -0.477 e. The lowest BCUT2D eigenvalue weighted by molar-refractivity contribution is -0.147. The summed E-state index contributed by atoms with van der Waals surface area (Å²) in [6.45, 7) is 2.39. The average molecular weight is 368 g/mol. The average Bonchev–Trinajstić information content (AvgIpc) is 2.58. The van der Waals surface area contributed by atoms with Gasteiger partial charge in [-0.2, -0.15) is 4.98 Å². The Labute approximate surface area is 146 Å². The predicted octanol–water partition coefficient (Wildman–Crippen LogP) is -0.0636. The van der Waals surface area contributed by atoms with Crippen LogP contribution in [0.4, 0.5) is 0 Å². The fourth-order valence-corrected chi connectivity index (χ4v) is 4.87. The molecule has 2 atom stereocenters. The molecule has 0 bridgehead atoms. The molecule has 128 valence electrons. The first-order valence-electron chi connectivity index (χ1n) is 7.30. The molecular formula is C14H16N4O4S2. The van der Waals surface area contributed by atoms with Gasteiger partial charge in [0.2, 0.25) is 5.91 Å². The van der Waals surface area contributed by atoms with Gasteiger partial charge in [0.15, 0.2) is 0 Å². The van der Waals surface area contributed by atoms with Crippen molar-refractivity contribution in [2.24, 2.45) is 5.73 Å². The first-order valence-corrected chi connectivity index (χ1v) is 9.33. The van der Waals surface area contributed by atoms with Crippen LogP contribution in [-0.4, -0.2) is 54.4 Å². The highest BCUT2D eigenvalue weighted by molar-refractivity contribution is 8.01. The maximum absolute atomic E-state index is 11.9. The van der Waals surface area contributed by atoms with E-state index in [0.717, 1.165) is 0 Å². The molecule has 1 saturated heterocycles. The fourth-order valence-electron chi connectivity index (χ4n) is 2.59. The van der Waals surface area contributed by atoms with E-state index in [0.29, 0.717) is 28.6 Å². The number of rotatable bonds is 5. The van der Waals surface area contributed by atoms with Crippen LogP contribution in [0.5, 0.6) is 0 Å². The Bertz CT molecular complexity index is 791. The van der Waals surface area contributed by atoms with Crippen LogP contribution in [0.25, 0.3) is 0 Å². The topological polar surface area (TPSA) is 119 Å². The highest BCUT2D eigenvalue weighted by Gasteiger charge is 2.51. The smallest absolute Gasteiger partial charge is 0.352 e. The number of hydrogen-bond donors (Lipinski definition) is 2. The standard InChI is InChI=1S/C14H16N4O4S2/c1-2-17-4-3-8(16-14(17)22)23-5-7-6-24-12-9(15)11(19)18(12)10(7)13(20)21/h3-4,9,12H,2,5-6,15H2,1H3,(H,20,21)/t9?,12-/m1/s1. The van der Waals surface area contributed by atoms with Crippen molar-refractivity contribution in [1.29, 1.82) is 0 Å². The van der Waals surface area contributed by atoms with Crippen molar-refractivity contribution in [2.75, 3.05) is 11.5 Å². The Hall–Kier alpha value is -1.78. The molecule has 1 aromatic heterocycles. The number of hydrogen-bond acceptors (Lipinski definition) is 7. The van der Waals surface area contributed by atoms with Gasteiger partial charge >= 0.3 is 11.7 Å². The van der Waals surface area contributed by atoms with Crippen molar-refractivity contribution < 1.29 is 14.7 Å². The van der Waals surface area contributed by atoms with E-state index in [1.165, 1.54) is 33.0 Å². The van der Waals surface area contributed by atoms with E-state index < -0.39 is 12.0 Å². The lowest BCUT2D eigenvalue weighted by Gasteiger charge is -2.48. The Balaban J connectivity index is 1.80. The Morgan fingerprint density at radius 1 is 1.54 bits per heavy atom. The summed E-state index contributed by atoms with van der Waals surface area (Å²) >= 11 is 2.74. The second-order valence-electron chi connectivity index (χ2n) is 5.32. The third-order valence-corrected chi connectivity index (χ3v) is 6.25. The van der Waals surface area contributed by atoms with Crippen molar-refractivity contribution in [2.45, 2.75) is 29.9 Å². The lowest BCUT2D eigenvalue weighted by Crippen LogP contribution is -2.68. The van der Waals surface area contributed by atoms with Crippen molar-refractivity contribution >= 4 is 35.4 Å². The summed E-state index contributed by atoms with van der Waals surface area (Å²) in [6.07, 6.45) is 1.66. The molecule has 0 aromatic carbocycles. The van der Waals surface area contributed by atoms with E-state index in [2.05, 4.69) is 4.98 Å². The number of fused-ring (bicyclic) bond motifs is 1. The number of nitrogens with two attached hydrogens (primary N) is 1. The molecule has 3 heterocycles. The summed E-state index contributed by atoms with van der Waals surface area (Å²) in [6, 6.07) is 1.09. The number of carbonyl (C=O) groups is 2. The molecule has 0 saturated carbocycles. The van der Waals surface area contributed by atoms with Crippen molar-refractivity contribution in [1.82, 2.24) is 14.5 Å².